The molecule has 0 unspecified atom stereocenters. The Hall–Kier alpha value is -3.98. The molecule has 0 saturated carbocycles. The molecule has 0 aliphatic rings. The van der Waals surface area contributed by atoms with Gasteiger partial charge in [-0.2, -0.15) is 0 Å². The number of hydrogen-bond donors (Lipinski definition) is 1. The van der Waals surface area contributed by atoms with Crippen LogP contribution in [0.4, 0.5) is 11.7 Å². The summed E-state index contributed by atoms with van der Waals surface area (Å²) in [6, 6.07) is 20.4. The van der Waals surface area contributed by atoms with Gasteiger partial charge >= 0.3 is 6.01 Å². The Balaban J connectivity index is 1.51. The lowest BCUT2D eigenvalue weighted by atomic mass is 10.1. The van der Waals surface area contributed by atoms with E-state index < -0.39 is 15.9 Å². The molecule has 0 radical (unpaired) electrons. The first-order valence-electron chi connectivity index (χ1n) is 10.7. The molecule has 174 valence electrons. The van der Waals surface area contributed by atoms with E-state index in [-0.39, 0.29) is 23.0 Å². The first-order chi connectivity index (χ1) is 16.3. The fraction of sp³-hybridized carbons (Fsp3) is 0.160. The van der Waals surface area contributed by atoms with Crippen molar-refractivity contribution in [3.63, 3.8) is 0 Å². The maximum absolute atomic E-state index is 13.1. The highest BCUT2D eigenvalue weighted by atomic mass is 32.2. The highest BCUT2D eigenvalue weighted by Crippen LogP contribution is 2.26. The van der Waals surface area contributed by atoms with E-state index in [4.69, 9.17) is 4.42 Å². The number of hydrogen-bond acceptors (Lipinski definition) is 6. The van der Waals surface area contributed by atoms with Gasteiger partial charge in [-0.05, 0) is 68.8 Å². The Morgan fingerprint density at radius 1 is 0.971 bits per heavy atom. The van der Waals surface area contributed by atoms with Crippen molar-refractivity contribution < 1.29 is 17.6 Å². The molecule has 0 saturated heterocycles. The van der Waals surface area contributed by atoms with Crippen LogP contribution in [-0.4, -0.2) is 31.1 Å². The second kappa shape index (κ2) is 9.48. The summed E-state index contributed by atoms with van der Waals surface area (Å²) >= 11 is 0. The van der Waals surface area contributed by atoms with Crippen molar-refractivity contribution in [3.05, 3.63) is 89.5 Å². The average molecular weight is 477 g/mol. The Kier molecular flexibility index (Phi) is 6.47. The first kappa shape index (κ1) is 23.2. The minimum absolute atomic E-state index is 0.0427. The number of rotatable bonds is 7. The van der Waals surface area contributed by atoms with Crippen molar-refractivity contribution >= 4 is 27.6 Å². The number of amides is 1. The van der Waals surface area contributed by atoms with E-state index in [9.17, 15) is 13.2 Å². The van der Waals surface area contributed by atoms with Gasteiger partial charge in [-0.25, -0.2) is 8.42 Å². The lowest BCUT2D eigenvalue weighted by molar-refractivity contribution is 0.102. The number of nitrogens with zero attached hydrogens (tertiary/aromatic N) is 3. The highest BCUT2D eigenvalue weighted by Gasteiger charge is 2.24. The number of carbonyl (C=O) groups excluding carboxylic acids is 1. The third kappa shape index (κ3) is 4.69. The van der Waals surface area contributed by atoms with Gasteiger partial charge in [-0.3, -0.25) is 14.4 Å². The van der Waals surface area contributed by atoms with Crippen molar-refractivity contribution in [1.29, 1.82) is 0 Å². The van der Waals surface area contributed by atoms with Gasteiger partial charge in [-0.15, -0.1) is 5.10 Å². The summed E-state index contributed by atoms with van der Waals surface area (Å²) in [7, 11) is -3.78. The average Bonchev–Trinajstić information content (AvgIpc) is 3.30. The minimum Gasteiger partial charge on any atom is -0.403 e. The van der Waals surface area contributed by atoms with Gasteiger partial charge in [0, 0.05) is 17.7 Å². The molecule has 4 rings (SSSR count). The molecule has 3 aromatic carbocycles. The number of benzene rings is 3. The van der Waals surface area contributed by atoms with Crippen LogP contribution in [0.15, 0.2) is 82.1 Å². The molecule has 0 aliphatic carbocycles. The summed E-state index contributed by atoms with van der Waals surface area (Å²) in [5, 5.41) is 10.5. The normalized spacial score (nSPS) is 11.3. The number of anilines is 2. The van der Waals surface area contributed by atoms with Crippen LogP contribution in [0.5, 0.6) is 0 Å². The molecule has 1 aromatic heterocycles. The molecule has 0 bridgehead atoms. The second-order valence-corrected chi connectivity index (χ2v) is 9.58. The van der Waals surface area contributed by atoms with E-state index in [1.54, 1.807) is 31.2 Å². The zero-order valence-electron chi connectivity index (χ0n) is 19.0. The topological polar surface area (TPSA) is 105 Å². The van der Waals surface area contributed by atoms with Crippen molar-refractivity contribution in [2.75, 3.05) is 16.2 Å². The largest absolute Gasteiger partial charge is 0.403 e. The van der Waals surface area contributed by atoms with E-state index in [1.807, 2.05) is 38.1 Å². The summed E-state index contributed by atoms with van der Waals surface area (Å²) < 4.78 is 33.2. The minimum atomic E-state index is -3.78. The lowest BCUT2D eigenvalue weighted by Gasteiger charge is -2.22. The standard InChI is InChI=1S/C25H24N4O4S/c1-4-29(20-8-6-5-7-9-20)34(31,32)21-14-12-19(13-15-21)23(30)26-25-28-27-24(33-25)22-16-17(2)10-11-18(22)3/h5-16H,4H2,1-3H3,(H,26,28,30). The van der Waals surface area contributed by atoms with Crippen molar-refractivity contribution in [1.82, 2.24) is 10.2 Å². The molecule has 9 heteroatoms. The molecule has 0 spiro atoms. The molecule has 0 aliphatic heterocycles. The second-order valence-electron chi connectivity index (χ2n) is 7.71. The Labute approximate surface area is 198 Å². The molecular weight excluding hydrogens is 452 g/mol. The fourth-order valence-electron chi connectivity index (χ4n) is 3.51. The molecule has 1 heterocycles. The van der Waals surface area contributed by atoms with Gasteiger partial charge in [0.15, 0.2) is 0 Å². The third-order valence-electron chi connectivity index (χ3n) is 5.30. The van der Waals surface area contributed by atoms with Crippen molar-refractivity contribution in [2.24, 2.45) is 0 Å². The van der Waals surface area contributed by atoms with Gasteiger partial charge in [-0.1, -0.05) is 41.0 Å². The number of aromatic nitrogens is 2. The van der Waals surface area contributed by atoms with Gasteiger partial charge in [0.25, 0.3) is 15.9 Å². The van der Waals surface area contributed by atoms with E-state index in [1.165, 1.54) is 28.6 Å². The molecule has 4 aromatic rings. The van der Waals surface area contributed by atoms with Crippen LogP contribution in [-0.2, 0) is 10.0 Å². The van der Waals surface area contributed by atoms with Crippen LogP contribution in [0.25, 0.3) is 11.5 Å². The molecule has 1 N–H and O–H groups in total. The van der Waals surface area contributed by atoms with Crippen LogP contribution in [0.2, 0.25) is 0 Å². The van der Waals surface area contributed by atoms with Crippen LogP contribution in [0, 0.1) is 13.8 Å². The molecule has 0 fully saturated rings. The summed E-state index contributed by atoms with van der Waals surface area (Å²) in [6.45, 7) is 5.94. The van der Waals surface area contributed by atoms with Gasteiger partial charge < -0.3 is 4.42 Å². The molecule has 34 heavy (non-hydrogen) atoms. The SMILES string of the molecule is CCN(c1ccccc1)S(=O)(=O)c1ccc(C(=O)Nc2nnc(-c3cc(C)ccc3C)o2)cc1. The first-order valence-corrected chi connectivity index (χ1v) is 12.1. The number of para-hydroxylation sites is 1. The number of aryl methyl sites for hydroxylation is 2. The van der Waals surface area contributed by atoms with Crippen LogP contribution >= 0.6 is 0 Å². The van der Waals surface area contributed by atoms with Crippen LogP contribution in [0.3, 0.4) is 0 Å². The van der Waals surface area contributed by atoms with E-state index in [2.05, 4.69) is 15.5 Å². The number of carbonyl (C=O) groups is 1. The zero-order chi connectivity index (χ0) is 24.3. The predicted molar refractivity (Wildman–Crippen MR) is 130 cm³/mol. The quantitative estimate of drug-likeness (QED) is 0.410. The van der Waals surface area contributed by atoms with Gasteiger partial charge in [0.05, 0.1) is 10.6 Å². The summed E-state index contributed by atoms with van der Waals surface area (Å²) in [6.07, 6.45) is 0. The van der Waals surface area contributed by atoms with Crippen LogP contribution < -0.4 is 9.62 Å². The Morgan fingerprint density at radius 2 is 1.68 bits per heavy atom. The van der Waals surface area contributed by atoms with Gasteiger partial charge in [0.1, 0.15) is 0 Å². The van der Waals surface area contributed by atoms with E-state index in [0.29, 0.717) is 11.6 Å². The van der Waals surface area contributed by atoms with Crippen molar-refractivity contribution in [3.8, 4) is 11.5 Å². The van der Waals surface area contributed by atoms with E-state index in [0.717, 1.165) is 16.7 Å². The van der Waals surface area contributed by atoms with Crippen molar-refractivity contribution in [2.45, 2.75) is 25.7 Å². The van der Waals surface area contributed by atoms with Gasteiger partial charge in [0.2, 0.25) is 5.89 Å². The Morgan fingerprint density at radius 3 is 2.35 bits per heavy atom. The van der Waals surface area contributed by atoms with E-state index >= 15 is 0 Å². The maximum atomic E-state index is 13.1. The molecule has 8 nitrogen and oxygen atoms in total. The number of nitrogens with one attached hydrogen (secondary N) is 1. The summed E-state index contributed by atoms with van der Waals surface area (Å²) in [4.78, 5) is 12.7. The Bertz CT molecular complexity index is 1420. The monoisotopic (exact) mass is 476 g/mol. The van der Waals surface area contributed by atoms with Crippen LogP contribution in [0.1, 0.15) is 28.4 Å². The zero-order valence-corrected chi connectivity index (χ0v) is 19.8. The predicted octanol–water partition coefficient (Wildman–Crippen LogP) is 4.82. The lowest BCUT2D eigenvalue weighted by Crippen LogP contribution is -2.30. The number of sulfonamides is 1. The summed E-state index contributed by atoms with van der Waals surface area (Å²) in [5.74, 6) is -0.186. The molecular formula is C25H24N4O4S. The third-order valence-corrected chi connectivity index (χ3v) is 7.22. The molecule has 0 atom stereocenters. The highest BCUT2D eigenvalue weighted by molar-refractivity contribution is 7.92. The molecule has 1 amide bonds. The summed E-state index contributed by atoms with van der Waals surface area (Å²) in [5.41, 5.74) is 3.64. The fourth-order valence-corrected chi connectivity index (χ4v) is 4.98. The maximum Gasteiger partial charge on any atom is 0.322 e. The smallest absolute Gasteiger partial charge is 0.322 e.